The molecule has 0 spiro atoms. The van der Waals surface area contributed by atoms with Crippen LogP contribution in [0.3, 0.4) is 0 Å². The Morgan fingerprint density at radius 3 is 2.17 bits per heavy atom. The molecule has 1 N–H and O–H groups in total. The lowest BCUT2D eigenvalue weighted by atomic mass is 9.49. The molecule has 1 aromatic rings. The summed E-state index contributed by atoms with van der Waals surface area (Å²) in [6, 6.07) is 7.83. The SMILES string of the molecule is O=C(CC12CC3CC(CC(C3)C1)C2)NCC(=O)N1CCN(c2ccccc2Cl)CC1. The number of nitrogens with one attached hydrogen (secondary N) is 1. The fourth-order valence-corrected chi connectivity index (χ4v) is 7.36. The summed E-state index contributed by atoms with van der Waals surface area (Å²) in [5.74, 6) is 2.63. The van der Waals surface area contributed by atoms with Crippen LogP contribution >= 0.6 is 11.6 Å². The first-order chi connectivity index (χ1) is 14.5. The summed E-state index contributed by atoms with van der Waals surface area (Å²) < 4.78 is 0. The number of hydrogen-bond donors (Lipinski definition) is 1. The van der Waals surface area contributed by atoms with Gasteiger partial charge in [-0.3, -0.25) is 9.59 Å². The van der Waals surface area contributed by atoms with E-state index in [9.17, 15) is 9.59 Å². The molecule has 1 saturated heterocycles. The highest BCUT2D eigenvalue weighted by molar-refractivity contribution is 6.33. The van der Waals surface area contributed by atoms with E-state index in [4.69, 9.17) is 11.6 Å². The molecule has 0 atom stereocenters. The molecule has 2 amide bonds. The minimum atomic E-state index is 0.0210. The van der Waals surface area contributed by atoms with E-state index >= 15 is 0 Å². The minimum Gasteiger partial charge on any atom is -0.367 e. The molecular formula is C24H32ClN3O2. The van der Waals surface area contributed by atoms with Crippen LogP contribution in [-0.2, 0) is 9.59 Å². The summed E-state index contributed by atoms with van der Waals surface area (Å²) in [5, 5.41) is 3.69. The maximum atomic E-state index is 12.7. The molecule has 5 nitrogen and oxygen atoms in total. The molecule has 0 unspecified atom stereocenters. The van der Waals surface area contributed by atoms with Crippen LogP contribution in [0.2, 0.25) is 5.02 Å². The minimum absolute atomic E-state index is 0.0210. The van der Waals surface area contributed by atoms with Gasteiger partial charge in [0.15, 0.2) is 0 Å². The van der Waals surface area contributed by atoms with Gasteiger partial charge in [0.25, 0.3) is 0 Å². The van der Waals surface area contributed by atoms with Crippen molar-refractivity contribution < 1.29 is 9.59 Å². The summed E-state index contributed by atoms with van der Waals surface area (Å²) in [6.07, 6.45) is 8.46. The molecule has 4 saturated carbocycles. The Bertz CT molecular complexity index is 783. The molecule has 0 radical (unpaired) electrons. The van der Waals surface area contributed by atoms with E-state index in [-0.39, 0.29) is 23.8 Å². The van der Waals surface area contributed by atoms with Crippen LogP contribution in [0, 0.1) is 23.2 Å². The summed E-state index contributed by atoms with van der Waals surface area (Å²) >= 11 is 6.30. The van der Waals surface area contributed by atoms with Gasteiger partial charge in [0.1, 0.15) is 0 Å². The van der Waals surface area contributed by atoms with E-state index in [1.807, 2.05) is 29.2 Å². The Morgan fingerprint density at radius 1 is 0.967 bits per heavy atom. The van der Waals surface area contributed by atoms with Gasteiger partial charge in [0.2, 0.25) is 11.8 Å². The third-order valence-corrected chi connectivity index (χ3v) is 8.28. The number of piperazine rings is 1. The first-order valence-corrected chi connectivity index (χ1v) is 11.9. The number of para-hydroxylation sites is 1. The number of amides is 2. The van der Waals surface area contributed by atoms with Crippen LogP contribution in [0.15, 0.2) is 24.3 Å². The van der Waals surface area contributed by atoms with Crippen molar-refractivity contribution in [2.24, 2.45) is 23.2 Å². The number of carbonyl (C=O) groups excluding carboxylic acids is 2. The molecule has 4 aliphatic carbocycles. The normalized spacial score (nSPS) is 32.4. The molecule has 0 aromatic heterocycles. The summed E-state index contributed by atoms with van der Waals surface area (Å²) in [7, 11) is 0. The summed E-state index contributed by atoms with van der Waals surface area (Å²) in [5.41, 5.74) is 1.25. The van der Waals surface area contributed by atoms with Crippen molar-refractivity contribution in [2.45, 2.75) is 44.9 Å². The molecule has 5 fully saturated rings. The third-order valence-electron chi connectivity index (χ3n) is 7.96. The van der Waals surface area contributed by atoms with Crippen molar-refractivity contribution in [1.29, 1.82) is 0 Å². The van der Waals surface area contributed by atoms with Crippen molar-refractivity contribution in [2.75, 3.05) is 37.6 Å². The first kappa shape index (κ1) is 20.2. The van der Waals surface area contributed by atoms with E-state index in [0.29, 0.717) is 19.5 Å². The Hall–Kier alpha value is -1.75. The van der Waals surface area contributed by atoms with Gasteiger partial charge in [0.05, 0.1) is 17.3 Å². The lowest BCUT2D eigenvalue weighted by Gasteiger charge is -2.56. The molecule has 30 heavy (non-hydrogen) atoms. The Balaban J connectivity index is 1.09. The average Bonchev–Trinajstić information content (AvgIpc) is 2.71. The van der Waals surface area contributed by atoms with Gasteiger partial charge in [-0.15, -0.1) is 0 Å². The van der Waals surface area contributed by atoms with Crippen LogP contribution < -0.4 is 10.2 Å². The maximum absolute atomic E-state index is 12.7. The van der Waals surface area contributed by atoms with Crippen LogP contribution in [-0.4, -0.2) is 49.4 Å². The molecule has 6 rings (SSSR count). The molecule has 162 valence electrons. The molecule has 6 heteroatoms. The van der Waals surface area contributed by atoms with Crippen molar-refractivity contribution in [3.8, 4) is 0 Å². The monoisotopic (exact) mass is 429 g/mol. The van der Waals surface area contributed by atoms with Crippen LogP contribution in [0.1, 0.15) is 44.9 Å². The third kappa shape index (κ3) is 4.05. The van der Waals surface area contributed by atoms with E-state index in [1.54, 1.807) is 0 Å². The largest absolute Gasteiger partial charge is 0.367 e. The number of rotatable bonds is 5. The highest BCUT2D eigenvalue weighted by atomic mass is 35.5. The molecule has 1 heterocycles. The van der Waals surface area contributed by atoms with E-state index in [0.717, 1.165) is 41.6 Å². The topological polar surface area (TPSA) is 52.7 Å². The van der Waals surface area contributed by atoms with Gasteiger partial charge < -0.3 is 15.1 Å². The van der Waals surface area contributed by atoms with E-state index < -0.39 is 0 Å². The summed E-state index contributed by atoms with van der Waals surface area (Å²) in [4.78, 5) is 29.4. The summed E-state index contributed by atoms with van der Waals surface area (Å²) in [6.45, 7) is 2.97. The fraction of sp³-hybridized carbons (Fsp3) is 0.667. The lowest BCUT2D eigenvalue weighted by Crippen LogP contribution is -2.52. The Morgan fingerprint density at radius 2 is 1.57 bits per heavy atom. The van der Waals surface area contributed by atoms with Crippen molar-refractivity contribution >= 4 is 29.1 Å². The number of carbonyl (C=O) groups is 2. The van der Waals surface area contributed by atoms with Crippen LogP contribution in [0.5, 0.6) is 0 Å². The van der Waals surface area contributed by atoms with Crippen LogP contribution in [0.4, 0.5) is 5.69 Å². The first-order valence-electron chi connectivity index (χ1n) is 11.5. The highest BCUT2D eigenvalue weighted by Crippen LogP contribution is 2.61. The second kappa shape index (κ2) is 8.07. The van der Waals surface area contributed by atoms with Crippen LogP contribution in [0.25, 0.3) is 0 Å². The second-order valence-corrected chi connectivity index (χ2v) is 10.6. The predicted molar refractivity (Wildman–Crippen MR) is 118 cm³/mol. The standard InChI is InChI=1S/C24H32ClN3O2/c25-20-3-1-2-4-21(20)27-5-7-28(8-6-27)23(30)16-26-22(29)15-24-12-17-9-18(13-24)11-19(10-17)14-24/h1-4,17-19H,5-16H2,(H,26,29). The molecule has 1 aromatic carbocycles. The van der Waals surface area contributed by atoms with Crippen molar-refractivity contribution in [1.82, 2.24) is 10.2 Å². The number of benzene rings is 1. The van der Waals surface area contributed by atoms with Gasteiger partial charge in [-0.25, -0.2) is 0 Å². The van der Waals surface area contributed by atoms with E-state index in [1.165, 1.54) is 38.5 Å². The number of anilines is 1. The fourth-order valence-electron chi connectivity index (χ4n) is 7.10. The smallest absolute Gasteiger partial charge is 0.242 e. The molecule has 5 aliphatic rings. The molecular weight excluding hydrogens is 398 g/mol. The maximum Gasteiger partial charge on any atom is 0.242 e. The van der Waals surface area contributed by atoms with E-state index in [2.05, 4.69) is 10.2 Å². The van der Waals surface area contributed by atoms with Gasteiger partial charge in [-0.2, -0.15) is 0 Å². The second-order valence-electron chi connectivity index (χ2n) is 10.2. The van der Waals surface area contributed by atoms with Gasteiger partial charge >= 0.3 is 0 Å². The zero-order valence-electron chi connectivity index (χ0n) is 17.6. The van der Waals surface area contributed by atoms with Crippen molar-refractivity contribution in [3.63, 3.8) is 0 Å². The number of nitrogens with zero attached hydrogens (tertiary/aromatic N) is 2. The van der Waals surface area contributed by atoms with Gasteiger partial charge in [0, 0.05) is 32.6 Å². The lowest BCUT2D eigenvalue weighted by molar-refractivity contribution is -0.135. The molecule has 4 bridgehead atoms. The average molecular weight is 430 g/mol. The van der Waals surface area contributed by atoms with Crippen molar-refractivity contribution in [3.05, 3.63) is 29.3 Å². The number of halogens is 1. The highest BCUT2D eigenvalue weighted by Gasteiger charge is 2.51. The quantitative estimate of drug-likeness (QED) is 0.776. The van der Waals surface area contributed by atoms with Gasteiger partial charge in [-0.1, -0.05) is 23.7 Å². The number of hydrogen-bond acceptors (Lipinski definition) is 3. The zero-order chi connectivity index (χ0) is 20.7. The Kier molecular flexibility index (Phi) is 5.42. The Labute approximate surface area is 184 Å². The molecule has 1 aliphatic heterocycles. The predicted octanol–water partition coefficient (Wildman–Crippen LogP) is 3.71. The zero-order valence-corrected chi connectivity index (χ0v) is 18.4. The van der Waals surface area contributed by atoms with Gasteiger partial charge in [-0.05, 0) is 73.8 Å².